The van der Waals surface area contributed by atoms with E-state index in [2.05, 4.69) is 22.2 Å². The van der Waals surface area contributed by atoms with Crippen molar-refractivity contribution in [1.82, 2.24) is 19.5 Å². The lowest BCUT2D eigenvalue weighted by atomic mass is 10.1. The van der Waals surface area contributed by atoms with E-state index in [4.69, 9.17) is 15.7 Å². The Morgan fingerprint density at radius 3 is 2.74 bits per heavy atom. The van der Waals surface area contributed by atoms with Gasteiger partial charge in [-0.05, 0) is 57.6 Å². The van der Waals surface area contributed by atoms with Gasteiger partial charge in [-0.3, -0.25) is 4.99 Å². The highest BCUT2D eigenvalue weighted by atomic mass is 32.1. The van der Waals surface area contributed by atoms with E-state index in [9.17, 15) is 5.11 Å². The molecule has 2 atom stereocenters. The van der Waals surface area contributed by atoms with Crippen LogP contribution in [-0.4, -0.2) is 49.5 Å². The summed E-state index contributed by atoms with van der Waals surface area (Å²) < 4.78 is 1.92. The fourth-order valence-corrected chi connectivity index (χ4v) is 5.25. The van der Waals surface area contributed by atoms with Crippen molar-refractivity contribution in [2.45, 2.75) is 66.0 Å². The number of hydrogen-bond acceptors (Lipinski definition) is 8. The lowest BCUT2D eigenvalue weighted by Crippen LogP contribution is -2.18. The Labute approximate surface area is 206 Å². The van der Waals surface area contributed by atoms with Crippen LogP contribution < -0.4 is 11.1 Å². The number of nitrogens with two attached hydrogens (primary N) is 1. The van der Waals surface area contributed by atoms with Gasteiger partial charge in [-0.25, -0.2) is 15.0 Å². The van der Waals surface area contributed by atoms with E-state index in [0.717, 1.165) is 51.6 Å². The number of aliphatic hydroxyl groups excluding tert-OH is 1. The van der Waals surface area contributed by atoms with Crippen molar-refractivity contribution in [3.8, 4) is 11.6 Å². The van der Waals surface area contributed by atoms with Gasteiger partial charge in [0.1, 0.15) is 10.6 Å². The highest BCUT2D eigenvalue weighted by Gasteiger charge is 2.26. The summed E-state index contributed by atoms with van der Waals surface area (Å²) in [4.78, 5) is 20.4. The number of anilines is 1. The van der Waals surface area contributed by atoms with Crippen molar-refractivity contribution in [3.05, 3.63) is 28.9 Å². The summed E-state index contributed by atoms with van der Waals surface area (Å²) in [5.74, 6) is 2.45. The van der Waals surface area contributed by atoms with Crippen LogP contribution in [-0.2, 0) is 7.05 Å². The van der Waals surface area contributed by atoms with Crippen LogP contribution in [0.4, 0.5) is 5.82 Å². The second-order valence-electron chi connectivity index (χ2n) is 8.71. The second kappa shape index (κ2) is 11.6. The quantitative estimate of drug-likeness (QED) is 0.417. The number of rotatable bonds is 7. The van der Waals surface area contributed by atoms with Gasteiger partial charge in [0.05, 0.1) is 16.0 Å². The fourth-order valence-electron chi connectivity index (χ4n) is 4.14. The number of allylic oxidation sites excluding steroid dienone is 1. The van der Waals surface area contributed by atoms with Gasteiger partial charge >= 0.3 is 0 Å². The summed E-state index contributed by atoms with van der Waals surface area (Å²) >= 11 is 1.56. The van der Waals surface area contributed by atoms with Crippen LogP contribution in [0.2, 0.25) is 0 Å². The van der Waals surface area contributed by atoms with Crippen LogP contribution in [0.3, 0.4) is 0 Å². The van der Waals surface area contributed by atoms with Crippen LogP contribution >= 0.6 is 11.3 Å². The van der Waals surface area contributed by atoms with Crippen molar-refractivity contribution >= 4 is 39.3 Å². The number of hydrogen-bond donors (Lipinski definition) is 3. The maximum absolute atomic E-state index is 9.54. The number of thiophene rings is 1. The molecule has 184 valence electrons. The number of fused-ring (bicyclic) bond motifs is 1. The number of imidazole rings is 1. The molecule has 1 aliphatic carbocycles. The Kier molecular flexibility index (Phi) is 8.79. The van der Waals surface area contributed by atoms with E-state index < -0.39 is 0 Å². The lowest BCUT2D eigenvalue weighted by molar-refractivity contribution is 0.229. The third-order valence-electron chi connectivity index (χ3n) is 5.85. The van der Waals surface area contributed by atoms with Crippen LogP contribution in [0.25, 0.3) is 27.6 Å². The third-order valence-corrected chi connectivity index (χ3v) is 7.09. The monoisotopic (exact) mass is 483 g/mol. The summed E-state index contributed by atoms with van der Waals surface area (Å²) in [7, 11) is 1.94. The maximum atomic E-state index is 9.54. The Morgan fingerprint density at radius 1 is 1.35 bits per heavy atom. The standard InChI is InChI=1S/C23H31N7OS.C2H6/c1-13(2)25-8-7-17(24)19-14(3)18-20(27-16-6-5-15(11-16)12-31)28-21(29-23(18)32-19)22-26-9-10-30(22)4;1-2/h7-10,13,15-16,31H,5-6,11-12,24H2,1-4H3,(H,27,28,29);1-2H3/b17-7-,25-8?;. The van der Waals surface area contributed by atoms with E-state index >= 15 is 0 Å². The topological polar surface area (TPSA) is 114 Å². The van der Waals surface area contributed by atoms with Gasteiger partial charge in [0.2, 0.25) is 0 Å². The predicted molar refractivity (Wildman–Crippen MR) is 143 cm³/mol. The highest BCUT2D eigenvalue weighted by molar-refractivity contribution is 7.20. The molecule has 4 rings (SSSR count). The number of aromatic nitrogens is 4. The fraction of sp³-hybridized carbons (Fsp3) is 0.520. The van der Waals surface area contributed by atoms with Gasteiger partial charge in [-0.1, -0.05) is 13.8 Å². The first kappa shape index (κ1) is 25.8. The minimum atomic E-state index is 0.221. The molecule has 0 amide bonds. The molecule has 9 heteroatoms. The summed E-state index contributed by atoms with van der Waals surface area (Å²) in [5, 5.41) is 14.2. The minimum Gasteiger partial charge on any atom is -0.398 e. The summed E-state index contributed by atoms with van der Waals surface area (Å²) in [6.45, 7) is 10.4. The number of aryl methyl sites for hydroxylation is 2. The van der Waals surface area contributed by atoms with Gasteiger partial charge in [0.15, 0.2) is 11.6 Å². The largest absolute Gasteiger partial charge is 0.398 e. The molecule has 0 bridgehead atoms. The van der Waals surface area contributed by atoms with Crippen molar-refractivity contribution in [1.29, 1.82) is 0 Å². The Bertz CT molecular complexity index is 1160. The first-order chi connectivity index (χ1) is 16.4. The molecule has 1 saturated carbocycles. The van der Waals surface area contributed by atoms with Crippen LogP contribution in [0.1, 0.15) is 57.4 Å². The molecule has 0 spiro atoms. The Hall–Kier alpha value is -2.78. The molecule has 3 aromatic rings. The smallest absolute Gasteiger partial charge is 0.199 e. The van der Waals surface area contributed by atoms with Gasteiger partial charge in [-0.15, -0.1) is 11.3 Å². The zero-order chi connectivity index (χ0) is 24.8. The number of nitrogens with zero attached hydrogens (tertiary/aromatic N) is 5. The molecule has 2 unspecified atom stereocenters. The molecular formula is C25H37N7OS. The molecule has 3 heterocycles. The average Bonchev–Trinajstić information content (AvgIpc) is 3.53. The summed E-state index contributed by atoms with van der Waals surface area (Å²) in [6.07, 6.45) is 10.2. The molecule has 0 radical (unpaired) electrons. The van der Waals surface area contributed by atoms with Gasteiger partial charge in [0, 0.05) is 44.3 Å². The van der Waals surface area contributed by atoms with Crippen LogP contribution in [0.15, 0.2) is 23.5 Å². The molecule has 8 nitrogen and oxygen atoms in total. The van der Waals surface area contributed by atoms with Crippen molar-refractivity contribution in [3.63, 3.8) is 0 Å². The SMILES string of the molecule is CC.Cc1c(/C(N)=C/C=NC(C)C)sc2nc(-c3nccn3C)nc(NC3CCC(CO)C3)c12. The zero-order valence-electron chi connectivity index (χ0n) is 21.0. The Morgan fingerprint density at radius 2 is 2.12 bits per heavy atom. The first-order valence-corrected chi connectivity index (χ1v) is 12.8. The lowest BCUT2D eigenvalue weighted by Gasteiger charge is -2.15. The van der Waals surface area contributed by atoms with Crippen molar-refractivity contribution < 1.29 is 5.11 Å². The number of aliphatic imine (C=N–C) groups is 1. The van der Waals surface area contributed by atoms with Gasteiger partial charge in [0.25, 0.3) is 0 Å². The van der Waals surface area contributed by atoms with Gasteiger partial charge < -0.3 is 20.7 Å². The predicted octanol–water partition coefficient (Wildman–Crippen LogP) is 4.78. The molecule has 4 N–H and O–H groups in total. The minimum absolute atomic E-state index is 0.221. The molecular weight excluding hydrogens is 446 g/mol. The number of aliphatic hydroxyl groups is 1. The number of nitrogens with one attached hydrogen (secondary N) is 1. The first-order valence-electron chi connectivity index (χ1n) is 12.0. The van der Waals surface area contributed by atoms with Crippen molar-refractivity contribution in [2.24, 2.45) is 23.7 Å². The molecule has 34 heavy (non-hydrogen) atoms. The van der Waals surface area contributed by atoms with Crippen LogP contribution in [0.5, 0.6) is 0 Å². The van der Waals surface area contributed by atoms with E-state index in [-0.39, 0.29) is 18.7 Å². The third kappa shape index (κ3) is 5.64. The molecule has 0 aromatic carbocycles. The normalized spacial score (nSPS) is 18.6. The van der Waals surface area contributed by atoms with E-state index in [0.29, 0.717) is 17.4 Å². The zero-order valence-corrected chi connectivity index (χ0v) is 21.9. The van der Waals surface area contributed by atoms with E-state index in [1.165, 1.54) is 0 Å². The second-order valence-corrected chi connectivity index (χ2v) is 9.71. The maximum Gasteiger partial charge on any atom is 0.199 e. The Balaban J connectivity index is 0.00000158. The summed E-state index contributed by atoms with van der Waals surface area (Å²) in [6, 6.07) is 0.493. The van der Waals surface area contributed by atoms with E-state index in [1.807, 2.05) is 51.6 Å². The van der Waals surface area contributed by atoms with Gasteiger partial charge in [-0.2, -0.15) is 0 Å². The molecule has 0 saturated heterocycles. The average molecular weight is 484 g/mol. The van der Waals surface area contributed by atoms with Crippen molar-refractivity contribution in [2.75, 3.05) is 11.9 Å². The van der Waals surface area contributed by atoms with Crippen LogP contribution in [0, 0.1) is 12.8 Å². The molecule has 1 aliphatic rings. The molecule has 1 fully saturated rings. The molecule has 3 aromatic heterocycles. The summed E-state index contributed by atoms with van der Waals surface area (Å²) in [5.41, 5.74) is 8.14. The highest BCUT2D eigenvalue weighted by Crippen LogP contribution is 2.38. The molecule has 0 aliphatic heterocycles. The van der Waals surface area contributed by atoms with E-state index in [1.54, 1.807) is 23.7 Å².